The summed E-state index contributed by atoms with van der Waals surface area (Å²) in [5.41, 5.74) is 10.9. The number of rotatable bonds is 4. The number of aromatic amines is 1. The van der Waals surface area contributed by atoms with Crippen LogP contribution in [0.1, 0.15) is 16.1 Å². The maximum Gasteiger partial charge on any atom is 0.326 e. The lowest BCUT2D eigenvalue weighted by Gasteiger charge is -2.18. The summed E-state index contributed by atoms with van der Waals surface area (Å²) in [7, 11) is 1.73. The number of fused-ring (bicyclic) bond motifs is 1. The van der Waals surface area contributed by atoms with E-state index in [0.717, 1.165) is 33.3 Å². The van der Waals surface area contributed by atoms with E-state index < -0.39 is 5.91 Å². The molecular weight excluding hydrogens is 376 g/mol. The van der Waals surface area contributed by atoms with Crippen molar-refractivity contribution in [3.63, 3.8) is 0 Å². The van der Waals surface area contributed by atoms with Gasteiger partial charge in [0.1, 0.15) is 5.69 Å². The van der Waals surface area contributed by atoms with E-state index in [-0.39, 0.29) is 6.03 Å². The number of para-hydroxylation sites is 1. The van der Waals surface area contributed by atoms with Crippen LogP contribution in [0, 0.1) is 6.92 Å². The van der Waals surface area contributed by atoms with Gasteiger partial charge in [-0.25, -0.2) is 4.79 Å². The first kappa shape index (κ1) is 19.3. The van der Waals surface area contributed by atoms with Gasteiger partial charge in [0.05, 0.1) is 0 Å². The molecule has 0 aliphatic carbocycles. The number of carbonyl (C=O) groups is 2. The van der Waals surface area contributed by atoms with Crippen molar-refractivity contribution < 1.29 is 9.59 Å². The smallest absolute Gasteiger partial charge is 0.326 e. The van der Waals surface area contributed by atoms with Crippen molar-refractivity contribution in [1.29, 1.82) is 0 Å². The third-order valence-corrected chi connectivity index (χ3v) is 5.07. The zero-order valence-corrected chi connectivity index (χ0v) is 16.8. The highest BCUT2D eigenvalue weighted by Crippen LogP contribution is 2.33. The van der Waals surface area contributed by atoms with Gasteiger partial charge < -0.3 is 16.0 Å². The zero-order chi connectivity index (χ0) is 21.3. The van der Waals surface area contributed by atoms with Crippen molar-refractivity contribution in [3.05, 3.63) is 84.1 Å². The number of benzene rings is 3. The average molecular weight is 398 g/mol. The molecule has 150 valence electrons. The third-order valence-electron chi connectivity index (χ3n) is 5.07. The first-order chi connectivity index (χ1) is 14.4. The third kappa shape index (κ3) is 3.63. The molecule has 4 rings (SSSR count). The van der Waals surface area contributed by atoms with Crippen molar-refractivity contribution in [2.45, 2.75) is 6.92 Å². The normalized spacial score (nSPS) is 10.7. The predicted octanol–water partition coefficient (Wildman–Crippen LogP) is 4.91. The molecule has 30 heavy (non-hydrogen) atoms. The Hall–Kier alpha value is -4.06. The van der Waals surface area contributed by atoms with Crippen LogP contribution in [0.2, 0.25) is 0 Å². The predicted molar refractivity (Wildman–Crippen MR) is 121 cm³/mol. The molecule has 0 fully saturated rings. The number of carbonyl (C=O) groups excluding carboxylic acids is 2. The molecule has 0 spiro atoms. The van der Waals surface area contributed by atoms with Gasteiger partial charge in [0, 0.05) is 34.9 Å². The number of aromatic nitrogens is 1. The molecule has 1 aromatic heterocycles. The van der Waals surface area contributed by atoms with E-state index in [2.05, 4.69) is 10.3 Å². The second kappa shape index (κ2) is 7.75. The monoisotopic (exact) mass is 398 g/mol. The molecule has 3 aromatic carbocycles. The number of H-pyrrole nitrogens is 1. The van der Waals surface area contributed by atoms with E-state index in [1.807, 2.05) is 79.7 Å². The molecule has 0 atom stereocenters. The molecular formula is C24H22N4O2. The minimum absolute atomic E-state index is 0.238. The highest BCUT2D eigenvalue weighted by atomic mass is 16.2. The lowest BCUT2D eigenvalue weighted by atomic mass is 10.0. The number of hydrogen-bond acceptors (Lipinski definition) is 2. The maximum absolute atomic E-state index is 12.6. The highest BCUT2D eigenvalue weighted by Gasteiger charge is 2.17. The van der Waals surface area contributed by atoms with Gasteiger partial charge in [0.25, 0.3) is 5.91 Å². The van der Waals surface area contributed by atoms with Crippen LogP contribution < -0.4 is 16.0 Å². The quantitative estimate of drug-likeness (QED) is 0.456. The number of primary amides is 1. The van der Waals surface area contributed by atoms with E-state index in [1.54, 1.807) is 11.9 Å². The molecule has 0 saturated heterocycles. The van der Waals surface area contributed by atoms with Gasteiger partial charge >= 0.3 is 6.03 Å². The van der Waals surface area contributed by atoms with E-state index in [4.69, 9.17) is 5.73 Å². The summed E-state index contributed by atoms with van der Waals surface area (Å²) in [6, 6.07) is 22.5. The van der Waals surface area contributed by atoms with E-state index in [0.29, 0.717) is 11.4 Å². The summed E-state index contributed by atoms with van der Waals surface area (Å²) in [4.78, 5) is 29.2. The van der Waals surface area contributed by atoms with Crippen LogP contribution in [0.15, 0.2) is 72.8 Å². The first-order valence-electron chi connectivity index (χ1n) is 9.56. The number of amides is 3. The Morgan fingerprint density at radius 1 is 0.967 bits per heavy atom. The van der Waals surface area contributed by atoms with Gasteiger partial charge in [-0.2, -0.15) is 0 Å². The number of nitrogens with two attached hydrogens (primary N) is 1. The maximum atomic E-state index is 12.6. The molecule has 6 heteroatoms. The molecule has 0 saturated carbocycles. The lowest BCUT2D eigenvalue weighted by Crippen LogP contribution is -2.31. The Labute approximate surface area is 174 Å². The number of urea groups is 1. The number of aryl methyl sites for hydroxylation is 1. The van der Waals surface area contributed by atoms with Crippen LogP contribution in [-0.4, -0.2) is 24.0 Å². The van der Waals surface area contributed by atoms with Crippen LogP contribution >= 0.6 is 0 Å². The molecule has 3 amide bonds. The van der Waals surface area contributed by atoms with Crippen molar-refractivity contribution in [2.24, 2.45) is 5.73 Å². The SMILES string of the molecule is Cc1cccc(N(C)C(=O)Nc2ccc(-c3c(C(N)=O)[nH]c4ccccc34)cc2)c1. The average Bonchev–Trinajstić information content (AvgIpc) is 3.14. The van der Waals surface area contributed by atoms with Crippen LogP contribution in [0.25, 0.3) is 22.0 Å². The highest BCUT2D eigenvalue weighted by molar-refractivity contribution is 6.09. The molecule has 1 heterocycles. The number of nitrogens with one attached hydrogen (secondary N) is 2. The van der Waals surface area contributed by atoms with Crippen molar-refractivity contribution in [3.8, 4) is 11.1 Å². The topological polar surface area (TPSA) is 91.2 Å². The Kier molecular flexibility index (Phi) is 4.98. The Morgan fingerprint density at radius 2 is 1.70 bits per heavy atom. The van der Waals surface area contributed by atoms with Gasteiger partial charge in [-0.05, 0) is 48.4 Å². The van der Waals surface area contributed by atoms with Gasteiger partial charge in [0.2, 0.25) is 0 Å². The molecule has 0 bridgehead atoms. The summed E-state index contributed by atoms with van der Waals surface area (Å²) >= 11 is 0. The molecule has 0 radical (unpaired) electrons. The first-order valence-corrected chi connectivity index (χ1v) is 9.56. The van der Waals surface area contributed by atoms with Gasteiger partial charge in [-0.15, -0.1) is 0 Å². The minimum atomic E-state index is -0.515. The fourth-order valence-corrected chi connectivity index (χ4v) is 3.51. The van der Waals surface area contributed by atoms with Crippen molar-refractivity contribution in [2.75, 3.05) is 17.3 Å². The molecule has 0 aliphatic rings. The summed E-state index contributed by atoms with van der Waals surface area (Å²) in [6.07, 6.45) is 0. The zero-order valence-electron chi connectivity index (χ0n) is 16.8. The Morgan fingerprint density at radius 3 is 2.40 bits per heavy atom. The Balaban J connectivity index is 1.60. The minimum Gasteiger partial charge on any atom is -0.364 e. The molecule has 4 N–H and O–H groups in total. The van der Waals surface area contributed by atoms with Gasteiger partial charge in [-0.1, -0.05) is 42.5 Å². The summed E-state index contributed by atoms with van der Waals surface area (Å²) < 4.78 is 0. The standard InChI is InChI=1S/C24H22N4O2/c1-15-6-5-7-18(14-15)28(2)24(30)26-17-12-10-16(11-13-17)21-19-8-3-4-9-20(19)27-22(21)23(25)29/h3-14,27H,1-2H3,(H2,25,29)(H,26,30). The van der Waals surface area contributed by atoms with Crippen molar-refractivity contribution in [1.82, 2.24) is 4.98 Å². The summed E-state index contributed by atoms with van der Waals surface area (Å²) in [5.74, 6) is -0.515. The number of anilines is 2. The summed E-state index contributed by atoms with van der Waals surface area (Å²) in [5, 5.41) is 3.81. The number of hydrogen-bond donors (Lipinski definition) is 3. The fraction of sp³-hybridized carbons (Fsp3) is 0.0833. The Bertz CT molecular complexity index is 1240. The van der Waals surface area contributed by atoms with Crippen LogP contribution in [0.4, 0.5) is 16.2 Å². The lowest BCUT2D eigenvalue weighted by molar-refractivity contribution is 0.0997. The van der Waals surface area contributed by atoms with Gasteiger partial charge in [0.15, 0.2) is 0 Å². The number of nitrogens with zero attached hydrogens (tertiary/aromatic N) is 1. The summed E-state index contributed by atoms with van der Waals surface area (Å²) in [6.45, 7) is 1.99. The van der Waals surface area contributed by atoms with E-state index in [9.17, 15) is 9.59 Å². The molecule has 6 nitrogen and oxygen atoms in total. The molecule has 0 unspecified atom stereocenters. The second-order valence-electron chi connectivity index (χ2n) is 7.19. The van der Waals surface area contributed by atoms with Crippen molar-refractivity contribution >= 4 is 34.2 Å². The van der Waals surface area contributed by atoms with Crippen LogP contribution in [-0.2, 0) is 0 Å². The second-order valence-corrected chi connectivity index (χ2v) is 7.19. The van der Waals surface area contributed by atoms with Crippen LogP contribution in [0.3, 0.4) is 0 Å². The largest absolute Gasteiger partial charge is 0.364 e. The molecule has 4 aromatic rings. The molecule has 0 aliphatic heterocycles. The fourth-order valence-electron chi connectivity index (χ4n) is 3.51. The van der Waals surface area contributed by atoms with E-state index in [1.165, 1.54) is 0 Å². The van der Waals surface area contributed by atoms with Crippen LogP contribution in [0.5, 0.6) is 0 Å². The van der Waals surface area contributed by atoms with Gasteiger partial charge in [-0.3, -0.25) is 9.69 Å². The van der Waals surface area contributed by atoms with E-state index >= 15 is 0 Å².